The molecule has 26 heavy (non-hydrogen) atoms. The predicted octanol–water partition coefficient (Wildman–Crippen LogP) is 3.06. The van der Waals surface area contributed by atoms with E-state index in [2.05, 4.69) is 19.1 Å². The van der Waals surface area contributed by atoms with Crippen molar-refractivity contribution in [2.45, 2.75) is 12.8 Å². The number of halogens is 1. The van der Waals surface area contributed by atoms with Gasteiger partial charge in [0, 0.05) is 18.0 Å². The molecule has 136 valence electrons. The molecule has 6 heteroatoms. The number of amides is 1. The van der Waals surface area contributed by atoms with Gasteiger partial charge in [-0.05, 0) is 23.8 Å². The Hall–Kier alpha value is -1.95. The van der Waals surface area contributed by atoms with Gasteiger partial charge in [-0.3, -0.25) is 9.69 Å². The third-order valence-electron chi connectivity index (χ3n) is 4.13. The smallest absolute Gasteiger partial charge is 0.233 e. The van der Waals surface area contributed by atoms with Crippen LogP contribution < -0.4 is 9.80 Å². The van der Waals surface area contributed by atoms with Crippen LogP contribution in [0.4, 0.5) is 5.13 Å². The third-order valence-corrected chi connectivity index (χ3v) is 5.40. The van der Waals surface area contributed by atoms with Crippen LogP contribution in [0.15, 0.2) is 48.5 Å². The average molecular weight is 389 g/mol. The zero-order chi connectivity index (χ0) is 18.5. The second-order valence-electron chi connectivity index (χ2n) is 6.63. The highest BCUT2D eigenvalue weighted by molar-refractivity contribution is 7.22. The van der Waals surface area contributed by atoms with Crippen molar-refractivity contribution in [2.75, 3.05) is 32.1 Å². The van der Waals surface area contributed by atoms with Gasteiger partial charge in [-0.25, -0.2) is 4.98 Å². The summed E-state index contributed by atoms with van der Waals surface area (Å²) in [5, 5.41) is 1.43. The second-order valence-corrected chi connectivity index (χ2v) is 8.07. The van der Waals surface area contributed by atoms with E-state index in [9.17, 15) is 4.79 Å². The Morgan fingerprint density at radius 2 is 1.96 bits per heavy atom. The Morgan fingerprint density at radius 1 is 1.19 bits per heavy atom. The predicted molar refractivity (Wildman–Crippen MR) is 109 cm³/mol. The van der Waals surface area contributed by atoms with Gasteiger partial charge in [0.05, 0.1) is 37.3 Å². The van der Waals surface area contributed by atoms with Crippen molar-refractivity contribution < 1.29 is 9.69 Å². The molecule has 1 aromatic heterocycles. The molecule has 0 saturated carbocycles. The van der Waals surface area contributed by atoms with E-state index in [-0.39, 0.29) is 5.91 Å². The van der Waals surface area contributed by atoms with Crippen molar-refractivity contribution in [3.8, 4) is 0 Å². The van der Waals surface area contributed by atoms with Crippen LogP contribution >= 0.6 is 22.9 Å². The van der Waals surface area contributed by atoms with E-state index in [1.165, 1.54) is 16.2 Å². The van der Waals surface area contributed by atoms with Crippen LogP contribution in [0.3, 0.4) is 0 Å². The van der Waals surface area contributed by atoms with Gasteiger partial charge in [0.1, 0.15) is 0 Å². The summed E-state index contributed by atoms with van der Waals surface area (Å²) in [5.41, 5.74) is 1.90. The minimum absolute atomic E-state index is 0.0788. The Morgan fingerprint density at radius 3 is 2.69 bits per heavy atom. The number of thiazole rings is 1. The van der Waals surface area contributed by atoms with Crippen LogP contribution in [-0.2, 0) is 11.2 Å². The molecule has 0 radical (unpaired) electrons. The topological polar surface area (TPSA) is 37.6 Å². The quantitative estimate of drug-likeness (QED) is 0.675. The highest BCUT2D eigenvalue weighted by atomic mass is 35.5. The van der Waals surface area contributed by atoms with Crippen molar-refractivity contribution in [3.05, 3.63) is 59.1 Å². The van der Waals surface area contributed by atoms with Crippen LogP contribution in [0.25, 0.3) is 10.2 Å². The van der Waals surface area contributed by atoms with Gasteiger partial charge < -0.3 is 4.90 Å². The normalized spacial score (nSPS) is 11.2. The molecule has 1 heterocycles. The van der Waals surface area contributed by atoms with Crippen molar-refractivity contribution in [3.63, 3.8) is 0 Å². The first-order valence-electron chi connectivity index (χ1n) is 8.72. The number of hydrogen-bond acceptors (Lipinski definition) is 3. The van der Waals surface area contributed by atoms with E-state index >= 15 is 0 Å². The molecule has 0 fully saturated rings. The SMILES string of the molecule is C[NH+](C)CCCN(C(=O)Cc1ccccc1)c1nc2ccc(Cl)cc2s1. The van der Waals surface area contributed by atoms with E-state index in [1.54, 1.807) is 0 Å². The van der Waals surface area contributed by atoms with E-state index in [0.717, 1.165) is 33.9 Å². The molecule has 1 N–H and O–H groups in total. The first kappa shape index (κ1) is 18.8. The Labute approximate surface area is 163 Å². The molecule has 0 aliphatic heterocycles. The molecule has 0 bridgehead atoms. The summed E-state index contributed by atoms with van der Waals surface area (Å²) >= 11 is 7.61. The number of nitrogens with zero attached hydrogens (tertiary/aromatic N) is 2. The summed E-state index contributed by atoms with van der Waals surface area (Å²) in [6, 6.07) is 15.5. The summed E-state index contributed by atoms with van der Waals surface area (Å²) in [6.07, 6.45) is 1.31. The molecule has 0 aliphatic carbocycles. The number of rotatable bonds is 7. The molecule has 1 amide bonds. The third kappa shape index (κ3) is 4.81. The number of fused-ring (bicyclic) bond motifs is 1. The van der Waals surface area contributed by atoms with Gasteiger partial charge in [0.25, 0.3) is 0 Å². The number of anilines is 1. The molecule has 3 rings (SSSR count). The molecule has 0 atom stereocenters. The van der Waals surface area contributed by atoms with E-state index in [1.807, 2.05) is 53.4 Å². The van der Waals surface area contributed by atoms with Crippen molar-refractivity contribution in [1.82, 2.24) is 4.98 Å². The van der Waals surface area contributed by atoms with Gasteiger partial charge in [0.2, 0.25) is 5.91 Å². The molecule has 0 unspecified atom stereocenters. The molecule has 0 aliphatic rings. The summed E-state index contributed by atoms with van der Waals surface area (Å²) in [4.78, 5) is 20.9. The Bertz CT molecular complexity index is 879. The fourth-order valence-corrected chi connectivity index (χ4v) is 4.07. The van der Waals surface area contributed by atoms with Gasteiger partial charge in [0.15, 0.2) is 5.13 Å². The number of nitrogens with one attached hydrogen (secondary N) is 1. The van der Waals surface area contributed by atoms with Gasteiger partial charge in [-0.1, -0.05) is 53.3 Å². The van der Waals surface area contributed by atoms with Crippen LogP contribution in [0.2, 0.25) is 5.02 Å². The maximum Gasteiger partial charge on any atom is 0.233 e. The Kier molecular flexibility index (Phi) is 6.25. The average Bonchev–Trinajstić information content (AvgIpc) is 3.01. The molecular weight excluding hydrogens is 366 g/mol. The maximum absolute atomic E-state index is 13.0. The van der Waals surface area contributed by atoms with Crippen molar-refractivity contribution in [1.29, 1.82) is 0 Å². The largest absolute Gasteiger partial charge is 0.340 e. The fraction of sp³-hybridized carbons (Fsp3) is 0.300. The van der Waals surface area contributed by atoms with Crippen molar-refractivity contribution >= 4 is 44.2 Å². The highest BCUT2D eigenvalue weighted by Crippen LogP contribution is 2.31. The first-order chi connectivity index (χ1) is 12.5. The van der Waals surface area contributed by atoms with E-state index in [0.29, 0.717) is 18.0 Å². The van der Waals surface area contributed by atoms with E-state index in [4.69, 9.17) is 11.6 Å². The lowest BCUT2D eigenvalue weighted by atomic mass is 10.1. The van der Waals surface area contributed by atoms with Crippen LogP contribution in [0.1, 0.15) is 12.0 Å². The standard InChI is InChI=1S/C20H22ClN3OS/c1-23(2)11-6-12-24(19(25)13-15-7-4-3-5-8-15)20-22-17-10-9-16(21)14-18(17)26-20/h3-5,7-10,14H,6,11-13H2,1-2H3/p+1. The maximum atomic E-state index is 13.0. The van der Waals surface area contributed by atoms with E-state index < -0.39 is 0 Å². The molecule has 0 saturated heterocycles. The first-order valence-corrected chi connectivity index (χ1v) is 9.92. The number of hydrogen-bond donors (Lipinski definition) is 1. The lowest BCUT2D eigenvalue weighted by Crippen LogP contribution is -3.05. The monoisotopic (exact) mass is 388 g/mol. The zero-order valence-corrected chi connectivity index (χ0v) is 16.6. The number of quaternary nitrogens is 1. The minimum atomic E-state index is 0.0788. The minimum Gasteiger partial charge on any atom is -0.340 e. The number of benzene rings is 2. The summed E-state index contributed by atoms with van der Waals surface area (Å²) in [6.45, 7) is 1.68. The number of carbonyl (C=O) groups is 1. The molecule has 0 spiro atoms. The molecule has 3 aromatic rings. The molecular formula is C20H23ClN3OS+. The highest BCUT2D eigenvalue weighted by Gasteiger charge is 2.20. The van der Waals surface area contributed by atoms with Crippen LogP contribution in [-0.4, -0.2) is 38.1 Å². The lowest BCUT2D eigenvalue weighted by molar-refractivity contribution is -0.858. The van der Waals surface area contributed by atoms with Gasteiger partial charge in [-0.15, -0.1) is 0 Å². The molecule has 2 aromatic carbocycles. The zero-order valence-electron chi connectivity index (χ0n) is 15.0. The summed E-state index contributed by atoms with van der Waals surface area (Å²) < 4.78 is 1.00. The number of carbonyl (C=O) groups excluding carboxylic acids is 1. The summed E-state index contributed by atoms with van der Waals surface area (Å²) in [5.74, 6) is 0.0788. The van der Waals surface area contributed by atoms with Gasteiger partial charge in [-0.2, -0.15) is 0 Å². The second kappa shape index (κ2) is 8.62. The van der Waals surface area contributed by atoms with Gasteiger partial charge >= 0.3 is 0 Å². The van der Waals surface area contributed by atoms with Crippen molar-refractivity contribution in [2.24, 2.45) is 0 Å². The van der Waals surface area contributed by atoms with Crippen LogP contribution in [0, 0.1) is 0 Å². The van der Waals surface area contributed by atoms with Crippen LogP contribution in [0.5, 0.6) is 0 Å². The fourth-order valence-electron chi connectivity index (χ4n) is 2.79. The lowest BCUT2D eigenvalue weighted by Gasteiger charge is -2.20. The molecule has 4 nitrogen and oxygen atoms in total. The summed E-state index contributed by atoms with van der Waals surface area (Å²) in [7, 11) is 4.24. The number of aromatic nitrogens is 1. The Balaban J connectivity index is 1.84.